The van der Waals surface area contributed by atoms with Crippen LogP contribution in [-0.2, 0) is 11.3 Å². The van der Waals surface area contributed by atoms with Gasteiger partial charge in [-0.15, -0.1) is 11.3 Å². The Balaban J connectivity index is 1.78. The van der Waals surface area contributed by atoms with Crippen LogP contribution in [0.4, 0.5) is 19.0 Å². The van der Waals surface area contributed by atoms with Crippen molar-refractivity contribution in [1.29, 1.82) is 0 Å². The smallest absolute Gasteiger partial charge is 0.422 e. The number of alkyl halides is 3. The Kier molecular flexibility index (Phi) is 6.40. The molecule has 0 unspecified atom stereocenters. The Morgan fingerprint density at radius 2 is 2.00 bits per heavy atom. The van der Waals surface area contributed by atoms with Gasteiger partial charge >= 0.3 is 12.1 Å². The van der Waals surface area contributed by atoms with E-state index in [9.17, 15) is 18.0 Å². The van der Waals surface area contributed by atoms with E-state index in [4.69, 9.17) is 4.74 Å². The normalized spacial score (nSPS) is 11.5. The summed E-state index contributed by atoms with van der Waals surface area (Å²) in [6, 6.07) is 2.99. The molecule has 3 aromatic heterocycles. The fourth-order valence-electron chi connectivity index (χ4n) is 2.71. The molecule has 0 radical (unpaired) electrons. The SMILES string of the molecule is CCOC(=O)c1sc2nc(C)nc(NCc3ccc(OCC(F)(F)F)nc3)c2c1C. The summed E-state index contributed by atoms with van der Waals surface area (Å²) in [4.78, 5) is 26.1. The molecule has 7 nitrogen and oxygen atoms in total. The summed E-state index contributed by atoms with van der Waals surface area (Å²) in [5.41, 5.74) is 1.45. The molecule has 3 rings (SSSR count). The van der Waals surface area contributed by atoms with E-state index in [1.165, 1.54) is 23.6 Å². The summed E-state index contributed by atoms with van der Waals surface area (Å²) in [5.74, 6) is 0.583. The maximum atomic E-state index is 12.2. The van der Waals surface area contributed by atoms with Crippen molar-refractivity contribution < 1.29 is 27.4 Å². The van der Waals surface area contributed by atoms with E-state index in [0.717, 1.165) is 16.5 Å². The Hall–Kier alpha value is -2.95. The van der Waals surface area contributed by atoms with Crippen LogP contribution in [0.5, 0.6) is 5.88 Å². The maximum Gasteiger partial charge on any atom is 0.422 e. The molecule has 3 aromatic rings. The topological polar surface area (TPSA) is 86.2 Å². The molecule has 11 heteroatoms. The van der Waals surface area contributed by atoms with Crippen LogP contribution in [0.3, 0.4) is 0 Å². The first-order valence-corrected chi connectivity index (χ1v) is 9.82. The van der Waals surface area contributed by atoms with Crippen LogP contribution < -0.4 is 10.1 Å². The zero-order valence-corrected chi connectivity index (χ0v) is 17.3. The van der Waals surface area contributed by atoms with Gasteiger partial charge in [-0.1, -0.05) is 6.07 Å². The number of fused-ring (bicyclic) bond motifs is 1. The molecule has 0 aliphatic heterocycles. The average Bonchev–Trinajstić information content (AvgIpc) is 3.01. The Morgan fingerprint density at radius 3 is 2.63 bits per heavy atom. The Labute approximate surface area is 174 Å². The summed E-state index contributed by atoms with van der Waals surface area (Å²) in [6.45, 7) is 4.50. The minimum atomic E-state index is -4.42. The number of nitrogens with zero attached hydrogens (tertiary/aromatic N) is 3. The largest absolute Gasteiger partial charge is 0.468 e. The van der Waals surface area contributed by atoms with Gasteiger partial charge in [0.15, 0.2) is 6.61 Å². The number of carbonyl (C=O) groups is 1. The summed E-state index contributed by atoms with van der Waals surface area (Å²) < 4.78 is 46.3. The van der Waals surface area contributed by atoms with E-state index in [2.05, 4.69) is 25.0 Å². The third kappa shape index (κ3) is 5.15. The highest BCUT2D eigenvalue weighted by molar-refractivity contribution is 7.20. The second-order valence-electron chi connectivity index (χ2n) is 6.34. The number of hydrogen-bond acceptors (Lipinski definition) is 8. The second kappa shape index (κ2) is 8.82. The predicted molar refractivity (Wildman–Crippen MR) is 106 cm³/mol. The number of hydrogen-bond donors (Lipinski definition) is 1. The number of pyridine rings is 1. The summed E-state index contributed by atoms with van der Waals surface area (Å²) in [5, 5.41) is 3.92. The number of rotatable bonds is 7. The fourth-order valence-corrected chi connectivity index (χ4v) is 3.83. The molecule has 0 saturated carbocycles. The minimum absolute atomic E-state index is 0.107. The number of aryl methyl sites for hydroxylation is 2. The van der Waals surface area contributed by atoms with Gasteiger partial charge in [0.25, 0.3) is 0 Å². The standard InChI is InChI=1S/C19H19F3N4O3S/c1-4-28-18(27)15-10(2)14-16(25-11(3)26-17(14)30-15)24-8-12-5-6-13(23-7-12)29-9-19(20,21)22/h5-7H,4,8-9H2,1-3H3,(H,24,25,26). The molecule has 0 saturated heterocycles. The summed E-state index contributed by atoms with van der Waals surface area (Å²) in [7, 11) is 0. The van der Waals surface area contributed by atoms with Crippen LogP contribution in [-0.4, -0.2) is 40.3 Å². The fraction of sp³-hybridized carbons (Fsp3) is 0.368. The van der Waals surface area contributed by atoms with Gasteiger partial charge in [0.05, 0.1) is 12.0 Å². The number of halogens is 3. The van der Waals surface area contributed by atoms with Crippen molar-refractivity contribution in [3.63, 3.8) is 0 Å². The lowest BCUT2D eigenvalue weighted by molar-refractivity contribution is -0.154. The van der Waals surface area contributed by atoms with Crippen molar-refractivity contribution in [2.75, 3.05) is 18.5 Å². The van der Waals surface area contributed by atoms with Gasteiger partial charge in [0, 0.05) is 18.8 Å². The van der Waals surface area contributed by atoms with Gasteiger partial charge in [0.1, 0.15) is 21.3 Å². The molecule has 0 fully saturated rings. The Morgan fingerprint density at radius 1 is 1.23 bits per heavy atom. The van der Waals surface area contributed by atoms with E-state index in [1.807, 2.05) is 6.92 Å². The molecule has 0 amide bonds. The monoisotopic (exact) mass is 440 g/mol. The third-order valence-corrected chi connectivity index (χ3v) is 5.17. The van der Waals surface area contributed by atoms with Crippen molar-refractivity contribution in [3.8, 4) is 5.88 Å². The van der Waals surface area contributed by atoms with Gasteiger partial charge in [-0.25, -0.2) is 19.7 Å². The van der Waals surface area contributed by atoms with E-state index in [0.29, 0.717) is 27.9 Å². The van der Waals surface area contributed by atoms with Gasteiger partial charge in [-0.2, -0.15) is 13.2 Å². The highest BCUT2D eigenvalue weighted by atomic mass is 32.1. The summed E-state index contributed by atoms with van der Waals surface area (Å²) >= 11 is 1.24. The van der Waals surface area contributed by atoms with Crippen LogP contribution in [0.2, 0.25) is 0 Å². The first kappa shape index (κ1) is 21.8. The van der Waals surface area contributed by atoms with Crippen molar-refractivity contribution in [3.05, 3.63) is 40.2 Å². The molecular weight excluding hydrogens is 421 g/mol. The molecule has 0 atom stereocenters. The number of aromatic nitrogens is 3. The zero-order valence-electron chi connectivity index (χ0n) is 16.5. The van der Waals surface area contributed by atoms with Crippen LogP contribution in [0.25, 0.3) is 10.2 Å². The molecule has 30 heavy (non-hydrogen) atoms. The average molecular weight is 440 g/mol. The molecule has 0 bridgehead atoms. The molecular formula is C19H19F3N4O3S. The van der Waals surface area contributed by atoms with E-state index in [1.54, 1.807) is 19.9 Å². The zero-order chi connectivity index (χ0) is 21.9. The van der Waals surface area contributed by atoms with E-state index < -0.39 is 18.8 Å². The third-order valence-electron chi connectivity index (χ3n) is 4.00. The lowest BCUT2D eigenvalue weighted by atomic mass is 10.2. The molecule has 3 heterocycles. The molecule has 160 valence electrons. The quantitative estimate of drug-likeness (QED) is 0.544. The predicted octanol–water partition coefficient (Wildman–Crippen LogP) is 4.43. The van der Waals surface area contributed by atoms with Gasteiger partial charge in [0.2, 0.25) is 5.88 Å². The number of carbonyl (C=O) groups excluding carboxylic acids is 1. The van der Waals surface area contributed by atoms with E-state index >= 15 is 0 Å². The van der Waals surface area contributed by atoms with Crippen LogP contribution in [0.1, 0.15) is 33.5 Å². The molecule has 0 aliphatic rings. The first-order chi connectivity index (χ1) is 14.2. The lowest BCUT2D eigenvalue weighted by Gasteiger charge is -2.10. The van der Waals surface area contributed by atoms with Crippen LogP contribution in [0, 0.1) is 13.8 Å². The maximum absolute atomic E-state index is 12.2. The van der Waals surface area contributed by atoms with Gasteiger partial charge < -0.3 is 14.8 Å². The van der Waals surface area contributed by atoms with Crippen LogP contribution in [0.15, 0.2) is 18.3 Å². The molecule has 1 N–H and O–H groups in total. The first-order valence-electron chi connectivity index (χ1n) is 9.01. The minimum Gasteiger partial charge on any atom is -0.468 e. The number of esters is 1. The van der Waals surface area contributed by atoms with Crippen molar-refractivity contribution in [2.45, 2.75) is 33.5 Å². The molecule has 0 aromatic carbocycles. The van der Waals surface area contributed by atoms with Crippen LogP contribution >= 0.6 is 11.3 Å². The number of nitrogens with one attached hydrogen (secondary N) is 1. The highest BCUT2D eigenvalue weighted by Crippen LogP contribution is 2.34. The Bertz CT molecular complexity index is 1050. The number of anilines is 1. The summed E-state index contributed by atoms with van der Waals surface area (Å²) in [6.07, 6.45) is -2.99. The van der Waals surface area contributed by atoms with Crippen molar-refractivity contribution >= 4 is 33.3 Å². The second-order valence-corrected chi connectivity index (χ2v) is 7.34. The van der Waals surface area contributed by atoms with Gasteiger partial charge in [-0.3, -0.25) is 0 Å². The van der Waals surface area contributed by atoms with Gasteiger partial charge in [-0.05, 0) is 31.9 Å². The molecule has 0 spiro atoms. The lowest BCUT2D eigenvalue weighted by Crippen LogP contribution is -2.19. The molecule has 0 aliphatic carbocycles. The van der Waals surface area contributed by atoms with Crippen molar-refractivity contribution in [2.24, 2.45) is 0 Å². The highest BCUT2D eigenvalue weighted by Gasteiger charge is 2.28. The number of thiophene rings is 1. The number of ether oxygens (including phenoxy) is 2. The van der Waals surface area contributed by atoms with Crippen molar-refractivity contribution in [1.82, 2.24) is 15.0 Å². The van der Waals surface area contributed by atoms with E-state index in [-0.39, 0.29) is 12.5 Å².